The Morgan fingerprint density at radius 3 is 2.62 bits per heavy atom. The summed E-state index contributed by atoms with van der Waals surface area (Å²) < 4.78 is 0. The van der Waals surface area contributed by atoms with Gasteiger partial charge in [-0.3, -0.25) is 4.79 Å². The molecule has 21 heavy (non-hydrogen) atoms. The summed E-state index contributed by atoms with van der Waals surface area (Å²) >= 11 is 0. The number of anilines is 2. The lowest BCUT2D eigenvalue weighted by Gasteiger charge is -2.35. The van der Waals surface area contributed by atoms with E-state index in [1.165, 1.54) is 32.9 Å². The highest BCUT2D eigenvalue weighted by Crippen LogP contribution is 2.23. The molecule has 2 N–H and O–H groups in total. The van der Waals surface area contributed by atoms with Gasteiger partial charge in [-0.2, -0.15) is 0 Å². The van der Waals surface area contributed by atoms with Crippen molar-refractivity contribution in [2.24, 2.45) is 5.92 Å². The first-order valence-electron chi connectivity index (χ1n) is 7.95. The second-order valence-electron chi connectivity index (χ2n) is 5.99. The fraction of sp³-hybridized carbons (Fsp3) is 0.588. The second-order valence-corrected chi connectivity index (χ2v) is 5.99. The highest BCUT2D eigenvalue weighted by atomic mass is 16.1. The lowest BCUT2D eigenvalue weighted by molar-refractivity contribution is -0.114. The van der Waals surface area contributed by atoms with Crippen LogP contribution in [0.15, 0.2) is 24.3 Å². The van der Waals surface area contributed by atoms with Gasteiger partial charge in [-0.05, 0) is 63.0 Å². The zero-order chi connectivity index (χ0) is 15.2. The van der Waals surface area contributed by atoms with Crippen LogP contribution in [0.5, 0.6) is 0 Å². The summed E-state index contributed by atoms with van der Waals surface area (Å²) in [7, 11) is 0. The topological polar surface area (TPSA) is 44.4 Å². The lowest BCUT2D eigenvalue weighted by atomic mass is 9.91. The monoisotopic (exact) mass is 289 g/mol. The standard InChI is InChI=1S/C17H27N3O/c1-4-20-11-5-6-15(12-20)13(2)18-16-7-9-17(10-8-16)19-14(3)21/h7-10,13,15,18H,4-6,11-12H2,1-3H3,(H,19,21). The third kappa shape index (κ3) is 4.74. The van der Waals surface area contributed by atoms with Gasteiger partial charge in [0, 0.05) is 30.9 Å². The maximum absolute atomic E-state index is 11.0. The smallest absolute Gasteiger partial charge is 0.221 e. The van der Waals surface area contributed by atoms with Gasteiger partial charge in [0.15, 0.2) is 0 Å². The highest BCUT2D eigenvalue weighted by molar-refractivity contribution is 5.88. The molecular formula is C17H27N3O. The number of amides is 1. The normalized spacial score (nSPS) is 20.8. The van der Waals surface area contributed by atoms with E-state index in [2.05, 4.69) is 29.4 Å². The molecule has 0 saturated carbocycles. The van der Waals surface area contributed by atoms with E-state index in [-0.39, 0.29) is 5.91 Å². The minimum atomic E-state index is -0.0362. The Morgan fingerprint density at radius 2 is 2.00 bits per heavy atom. The summed E-state index contributed by atoms with van der Waals surface area (Å²) in [6.07, 6.45) is 2.60. The molecule has 1 saturated heterocycles. The van der Waals surface area contributed by atoms with Crippen LogP contribution < -0.4 is 10.6 Å². The Balaban J connectivity index is 1.89. The van der Waals surface area contributed by atoms with Crippen LogP contribution in [0.25, 0.3) is 0 Å². The molecule has 1 amide bonds. The van der Waals surface area contributed by atoms with Gasteiger partial charge in [0.05, 0.1) is 0 Å². The van der Waals surface area contributed by atoms with Gasteiger partial charge in [0.1, 0.15) is 0 Å². The highest BCUT2D eigenvalue weighted by Gasteiger charge is 2.23. The number of nitrogens with zero attached hydrogens (tertiary/aromatic N) is 1. The van der Waals surface area contributed by atoms with Crippen molar-refractivity contribution in [3.05, 3.63) is 24.3 Å². The van der Waals surface area contributed by atoms with E-state index < -0.39 is 0 Å². The maximum atomic E-state index is 11.0. The summed E-state index contributed by atoms with van der Waals surface area (Å²) in [5.41, 5.74) is 1.96. The van der Waals surface area contributed by atoms with Gasteiger partial charge in [-0.25, -0.2) is 0 Å². The number of nitrogens with one attached hydrogen (secondary N) is 2. The third-order valence-corrected chi connectivity index (χ3v) is 4.30. The Hall–Kier alpha value is -1.55. The number of hydrogen-bond acceptors (Lipinski definition) is 3. The molecule has 0 bridgehead atoms. The summed E-state index contributed by atoms with van der Waals surface area (Å²) in [4.78, 5) is 13.5. The fourth-order valence-electron chi connectivity index (χ4n) is 3.02. The van der Waals surface area contributed by atoms with Gasteiger partial charge in [0.2, 0.25) is 5.91 Å². The van der Waals surface area contributed by atoms with Crippen molar-refractivity contribution in [3.8, 4) is 0 Å². The van der Waals surface area contributed by atoms with Crippen molar-refractivity contribution in [1.29, 1.82) is 0 Å². The van der Waals surface area contributed by atoms with Crippen LogP contribution in [0.1, 0.15) is 33.6 Å². The third-order valence-electron chi connectivity index (χ3n) is 4.30. The second kappa shape index (κ2) is 7.46. The van der Waals surface area contributed by atoms with E-state index in [0.29, 0.717) is 12.0 Å². The molecule has 4 nitrogen and oxygen atoms in total. The largest absolute Gasteiger partial charge is 0.382 e. The summed E-state index contributed by atoms with van der Waals surface area (Å²) in [5.74, 6) is 0.666. The fourth-order valence-corrected chi connectivity index (χ4v) is 3.02. The SMILES string of the molecule is CCN1CCCC(C(C)Nc2ccc(NC(C)=O)cc2)C1. The molecule has 0 spiro atoms. The first-order chi connectivity index (χ1) is 10.1. The van der Waals surface area contributed by atoms with Gasteiger partial charge in [-0.15, -0.1) is 0 Å². The van der Waals surface area contributed by atoms with E-state index >= 15 is 0 Å². The molecule has 2 unspecified atom stereocenters. The van der Waals surface area contributed by atoms with Crippen LogP contribution in [0, 0.1) is 5.92 Å². The summed E-state index contributed by atoms with van der Waals surface area (Å²) in [6.45, 7) is 9.61. The summed E-state index contributed by atoms with van der Waals surface area (Å²) in [5, 5.41) is 6.39. The number of carbonyl (C=O) groups is 1. The van der Waals surface area contributed by atoms with Crippen molar-refractivity contribution in [1.82, 2.24) is 4.90 Å². The van der Waals surface area contributed by atoms with Gasteiger partial charge < -0.3 is 15.5 Å². The van der Waals surface area contributed by atoms with Gasteiger partial charge in [-0.1, -0.05) is 6.92 Å². The molecular weight excluding hydrogens is 262 g/mol. The first-order valence-corrected chi connectivity index (χ1v) is 7.95. The molecule has 2 rings (SSSR count). The van der Waals surface area contributed by atoms with Crippen molar-refractivity contribution in [2.45, 2.75) is 39.7 Å². The first kappa shape index (κ1) is 15.8. The molecule has 0 aliphatic carbocycles. The number of hydrogen-bond donors (Lipinski definition) is 2. The average Bonchev–Trinajstić information content (AvgIpc) is 2.49. The Kier molecular flexibility index (Phi) is 5.62. The lowest BCUT2D eigenvalue weighted by Crippen LogP contribution is -2.41. The Labute approximate surface area is 127 Å². The van der Waals surface area contributed by atoms with Crippen LogP contribution in [-0.2, 0) is 4.79 Å². The quantitative estimate of drug-likeness (QED) is 0.875. The average molecular weight is 289 g/mol. The van der Waals surface area contributed by atoms with E-state index in [1.54, 1.807) is 0 Å². The molecule has 1 fully saturated rings. The minimum Gasteiger partial charge on any atom is -0.382 e. The zero-order valence-electron chi connectivity index (χ0n) is 13.4. The van der Waals surface area contributed by atoms with Gasteiger partial charge >= 0.3 is 0 Å². The number of carbonyl (C=O) groups excluding carboxylic acids is 1. The molecule has 1 aliphatic heterocycles. The summed E-state index contributed by atoms with van der Waals surface area (Å²) in [6, 6.07) is 8.40. The maximum Gasteiger partial charge on any atom is 0.221 e. The van der Waals surface area contributed by atoms with Crippen LogP contribution in [-0.4, -0.2) is 36.5 Å². The van der Waals surface area contributed by atoms with Gasteiger partial charge in [0.25, 0.3) is 0 Å². The number of piperidine rings is 1. The predicted molar refractivity (Wildman–Crippen MR) is 88.7 cm³/mol. The van der Waals surface area contributed by atoms with E-state index in [1.807, 2.05) is 24.3 Å². The van der Waals surface area contributed by atoms with E-state index in [9.17, 15) is 4.79 Å². The number of benzene rings is 1. The van der Waals surface area contributed by atoms with Crippen LogP contribution >= 0.6 is 0 Å². The Morgan fingerprint density at radius 1 is 1.33 bits per heavy atom. The molecule has 0 aromatic heterocycles. The molecule has 1 heterocycles. The Bertz CT molecular complexity index is 458. The molecule has 1 aromatic carbocycles. The molecule has 0 radical (unpaired) electrons. The minimum absolute atomic E-state index is 0.0362. The van der Waals surface area contributed by atoms with Crippen LogP contribution in [0.4, 0.5) is 11.4 Å². The van der Waals surface area contributed by atoms with E-state index in [4.69, 9.17) is 0 Å². The van der Waals surface area contributed by atoms with Crippen molar-refractivity contribution in [2.75, 3.05) is 30.3 Å². The molecule has 1 aliphatic rings. The molecule has 2 atom stereocenters. The number of likely N-dealkylation sites (tertiary alicyclic amines) is 1. The number of rotatable bonds is 5. The zero-order valence-corrected chi connectivity index (χ0v) is 13.4. The van der Waals surface area contributed by atoms with Crippen LogP contribution in [0.2, 0.25) is 0 Å². The van der Waals surface area contributed by atoms with Crippen molar-refractivity contribution < 1.29 is 4.79 Å². The molecule has 1 aromatic rings. The molecule has 4 heteroatoms. The predicted octanol–water partition coefficient (Wildman–Crippen LogP) is 3.18. The molecule has 116 valence electrons. The van der Waals surface area contributed by atoms with Crippen molar-refractivity contribution in [3.63, 3.8) is 0 Å². The van der Waals surface area contributed by atoms with E-state index in [0.717, 1.165) is 17.9 Å². The van der Waals surface area contributed by atoms with Crippen molar-refractivity contribution >= 4 is 17.3 Å². The van der Waals surface area contributed by atoms with Crippen LogP contribution in [0.3, 0.4) is 0 Å².